The number of aromatic nitrogens is 2. The van der Waals surface area contributed by atoms with E-state index in [4.69, 9.17) is 4.74 Å². The molecule has 0 aliphatic heterocycles. The molecule has 2 aromatic carbocycles. The Morgan fingerprint density at radius 3 is 2.57 bits per heavy atom. The van der Waals surface area contributed by atoms with E-state index in [1.165, 1.54) is 11.5 Å². The van der Waals surface area contributed by atoms with Crippen molar-refractivity contribution in [1.29, 1.82) is 0 Å². The third kappa shape index (κ3) is 5.11. The van der Waals surface area contributed by atoms with Gasteiger partial charge in [0.25, 0.3) is 11.5 Å². The molecule has 0 aliphatic carbocycles. The average Bonchev–Trinajstić information content (AvgIpc) is 2.74. The Labute approximate surface area is 174 Å². The van der Waals surface area contributed by atoms with Crippen molar-refractivity contribution in [1.82, 2.24) is 14.9 Å². The number of carbonyl (C=O) groups excluding carboxylic acids is 2. The van der Waals surface area contributed by atoms with Crippen LogP contribution in [0.5, 0.6) is 0 Å². The minimum Gasteiger partial charge on any atom is -0.453 e. The number of ether oxygens (including phenoxy) is 1. The molecule has 0 spiro atoms. The van der Waals surface area contributed by atoms with Gasteiger partial charge in [0, 0.05) is 20.0 Å². The zero-order valence-corrected chi connectivity index (χ0v) is 17.3. The van der Waals surface area contributed by atoms with Gasteiger partial charge in [-0.25, -0.2) is 4.98 Å². The molecule has 3 aromatic rings. The van der Waals surface area contributed by atoms with Crippen LogP contribution in [0.25, 0.3) is 10.9 Å². The summed E-state index contributed by atoms with van der Waals surface area (Å²) in [5, 5.41) is 3.29. The molecule has 1 heterocycles. The van der Waals surface area contributed by atoms with Crippen molar-refractivity contribution in [2.45, 2.75) is 39.3 Å². The number of benzene rings is 2. The highest BCUT2D eigenvalue weighted by atomic mass is 16.5. The first-order valence-corrected chi connectivity index (χ1v) is 9.82. The third-order valence-corrected chi connectivity index (χ3v) is 4.89. The minimum absolute atomic E-state index is 0.0220. The smallest absolute Gasteiger partial charge is 0.307 e. The summed E-state index contributed by atoms with van der Waals surface area (Å²) in [6.45, 7) is 3.89. The fraction of sp³-hybridized carbons (Fsp3) is 0.304. The number of aryl methyl sites for hydroxylation is 2. The molecule has 7 nitrogen and oxygen atoms in total. The number of para-hydroxylation sites is 1. The van der Waals surface area contributed by atoms with Crippen LogP contribution in [0.4, 0.5) is 0 Å². The van der Waals surface area contributed by atoms with Gasteiger partial charge in [-0.1, -0.05) is 42.0 Å². The van der Waals surface area contributed by atoms with Crippen LogP contribution in [0.15, 0.2) is 53.3 Å². The molecule has 0 fully saturated rings. The maximum absolute atomic E-state index is 12.4. The van der Waals surface area contributed by atoms with Gasteiger partial charge in [0.15, 0.2) is 6.10 Å². The van der Waals surface area contributed by atoms with Crippen LogP contribution in [0, 0.1) is 6.92 Å². The lowest BCUT2D eigenvalue weighted by Crippen LogP contribution is -2.35. The lowest BCUT2D eigenvalue weighted by molar-refractivity contribution is -0.154. The number of esters is 1. The largest absolute Gasteiger partial charge is 0.453 e. The van der Waals surface area contributed by atoms with Crippen LogP contribution >= 0.6 is 0 Å². The quantitative estimate of drug-likeness (QED) is 0.608. The molecule has 1 aromatic heterocycles. The number of fused-ring (bicyclic) bond motifs is 1. The Kier molecular flexibility index (Phi) is 6.61. The van der Waals surface area contributed by atoms with Gasteiger partial charge in [0.2, 0.25) is 0 Å². The third-order valence-electron chi connectivity index (χ3n) is 4.89. The highest BCUT2D eigenvalue weighted by molar-refractivity contribution is 5.83. The molecule has 1 N–H and O–H groups in total. The SMILES string of the molecule is Cc1ccc(CNC(=O)[C@@H](C)OC(=O)CCc2nc3ccccc3c(=O)n2C)cc1. The molecule has 1 amide bonds. The molecular formula is C23H25N3O4. The van der Waals surface area contributed by atoms with Gasteiger partial charge >= 0.3 is 5.97 Å². The summed E-state index contributed by atoms with van der Waals surface area (Å²) < 4.78 is 6.67. The molecule has 0 saturated heterocycles. The van der Waals surface area contributed by atoms with Crippen LogP contribution in [-0.4, -0.2) is 27.5 Å². The lowest BCUT2D eigenvalue weighted by atomic mass is 10.1. The number of nitrogens with one attached hydrogen (secondary N) is 1. The van der Waals surface area contributed by atoms with Crippen LogP contribution in [0.1, 0.15) is 30.3 Å². The molecule has 30 heavy (non-hydrogen) atoms. The second kappa shape index (κ2) is 9.35. The number of amides is 1. The van der Waals surface area contributed by atoms with E-state index in [2.05, 4.69) is 10.3 Å². The Hall–Kier alpha value is -3.48. The highest BCUT2D eigenvalue weighted by Crippen LogP contribution is 2.09. The fourth-order valence-corrected chi connectivity index (χ4v) is 3.05. The summed E-state index contributed by atoms with van der Waals surface area (Å²) in [5.41, 5.74) is 2.54. The van der Waals surface area contributed by atoms with Gasteiger partial charge in [0.05, 0.1) is 17.3 Å². The Balaban J connectivity index is 1.53. The lowest BCUT2D eigenvalue weighted by Gasteiger charge is -2.14. The van der Waals surface area contributed by atoms with Crippen LogP contribution in [0.2, 0.25) is 0 Å². The maximum Gasteiger partial charge on any atom is 0.307 e. The van der Waals surface area contributed by atoms with Crippen molar-refractivity contribution in [3.8, 4) is 0 Å². The van der Waals surface area contributed by atoms with Gasteiger partial charge in [-0.15, -0.1) is 0 Å². The van der Waals surface area contributed by atoms with E-state index in [0.717, 1.165) is 11.1 Å². The second-order valence-corrected chi connectivity index (χ2v) is 7.24. The number of hydrogen-bond acceptors (Lipinski definition) is 5. The zero-order valence-electron chi connectivity index (χ0n) is 17.3. The van der Waals surface area contributed by atoms with E-state index in [0.29, 0.717) is 23.3 Å². The van der Waals surface area contributed by atoms with Gasteiger partial charge in [-0.05, 0) is 31.5 Å². The predicted molar refractivity (Wildman–Crippen MR) is 114 cm³/mol. The van der Waals surface area contributed by atoms with Crippen molar-refractivity contribution >= 4 is 22.8 Å². The summed E-state index contributed by atoms with van der Waals surface area (Å²) in [7, 11) is 1.63. The van der Waals surface area contributed by atoms with E-state index in [1.54, 1.807) is 25.2 Å². The van der Waals surface area contributed by atoms with Crippen molar-refractivity contribution in [3.05, 3.63) is 75.8 Å². The molecule has 156 valence electrons. The molecule has 0 unspecified atom stereocenters. The topological polar surface area (TPSA) is 90.3 Å². The molecule has 7 heteroatoms. The van der Waals surface area contributed by atoms with Gasteiger partial charge in [-0.3, -0.25) is 19.0 Å². The highest BCUT2D eigenvalue weighted by Gasteiger charge is 2.18. The van der Waals surface area contributed by atoms with Crippen molar-refractivity contribution < 1.29 is 14.3 Å². The van der Waals surface area contributed by atoms with Crippen molar-refractivity contribution in [3.63, 3.8) is 0 Å². The molecule has 0 saturated carbocycles. The van der Waals surface area contributed by atoms with E-state index < -0.39 is 12.1 Å². The fourth-order valence-electron chi connectivity index (χ4n) is 3.05. The zero-order chi connectivity index (χ0) is 21.7. The maximum atomic E-state index is 12.4. The summed E-state index contributed by atoms with van der Waals surface area (Å²) >= 11 is 0. The van der Waals surface area contributed by atoms with E-state index in [9.17, 15) is 14.4 Å². The minimum atomic E-state index is -0.906. The molecule has 0 bridgehead atoms. The molecule has 0 aliphatic rings. The second-order valence-electron chi connectivity index (χ2n) is 7.24. The van der Waals surface area contributed by atoms with Gasteiger partial charge < -0.3 is 10.1 Å². The Bertz CT molecular complexity index is 1120. The van der Waals surface area contributed by atoms with Crippen molar-refractivity contribution in [2.24, 2.45) is 7.05 Å². The standard InChI is InChI=1S/C23H25N3O4/c1-15-8-10-17(11-9-15)14-24-22(28)16(2)30-21(27)13-12-20-25-19-7-5-4-6-18(19)23(29)26(20)3/h4-11,16H,12-14H2,1-3H3,(H,24,28)/t16-/m1/s1. The van der Waals surface area contributed by atoms with E-state index in [-0.39, 0.29) is 24.3 Å². The number of nitrogens with zero attached hydrogens (tertiary/aromatic N) is 2. The monoisotopic (exact) mass is 407 g/mol. The summed E-state index contributed by atoms with van der Waals surface area (Å²) in [5.74, 6) is -0.386. The first-order chi connectivity index (χ1) is 14.3. The van der Waals surface area contributed by atoms with Crippen LogP contribution in [-0.2, 0) is 34.3 Å². The van der Waals surface area contributed by atoms with Crippen molar-refractivity contribution in [2.75, 3.05) is 0 Å². The van der Waals surface area contributed by atoms with Gasteiger partial charge in [-0.2, -0.15) is 0 Å². The van der Waals surface area contributed by atoms with Crippen LogP contribution < -0.4 is 10.9 Å². The molecule has 3 rings (SSSR count). The predicted octanol–water partition coefficient (Wildman–Crippen LogP) is 2.42. The normalized spacial score (nSPS) is 11.8. The summed E-state index contributed by atoms with van der Waals surface area (Å²) in [6.07, 6.45) is -0.641. The molecule has 1 atom stereocenters. The number of hydrogen-bond donors (Lipinski definition) is 1. The summed E-state index contributed by atoms with van der Waals surface area (Å²) in [6, 6.07) is 14.9. The Morgan fingerprint density at radius 1 is 1.13 bits per heavy atom. The average molecular weight is 407 g/mol. The Morgan fingerprint density at radius 2 is 1.83 bits per heavy atom. The number of rotatable bonds is 7. The molecule has 0 radical (unpaired) electrons. The first-order valence-electron chi connectivity index (χ1n) is 9.82. The van der Waals surface area contributed by atoms with E-state index >= 15 is 0 Å². The summed E-state index contributed by atoms with van der Waals surface area (Å²) in [4.78, 5) is 41.3. The van der Waals surface area contributed by atoms with Crippen LogP contribution in [0.3, 0.4) is 0 Å². The first kappa shape index (κ1) is 21.2. The van der Waals surface area contributed by atoms with Gasteiger partial charge in [0.1, 0.15) is 5.82 Å². The number of carbonyl (C=O) groups is 2. The van der Waals surface area contributed by atoms with E-state index in [1.807, 2.05) is 37.3 Å². The molecular weight excluding hydrogens is 382 g/mol.